The Hall–Kier alpha value is -2.73. The zero-order chi connectivity index (χ0) is 16.7. The van der Waals surface area contributed by atoms with E-state index in [0.29, 0.717) is 19.4 Å². The van der Waals surface area contributed by atoms with Crippen molar-refractivity contribution in [3.8, 4) is 5.75 Å². The Morgan fingerprint density at radius 1 is 1.13 bits per heavy atom. The number of hydrogen-bond donors (Lipinski definition) is 1. The van der Waals surface area contributed by atoms with Crippen molar-refractivity contribution in [3.63, 3.8) is 0 Å². The number of aromatic nitrogens is 1. The summed E-state index contributed by atoms with van der Waals surface area (Å²) in [4.78, 5) is 26.4. The Morgan fingerprint density at radius 2 is 1.83 bits per heavy atom. The summed E-state index contributed by atoms with van der Waals surface area (Å²) < 4.78 is 9.75. The van der Waals surface area contributed by atoms with E-state index in [-0.39, 0.29) is 11.4 Å². The van der Waals surface area contributed by atoms with Gasteiger partial charge in [-0.15, -0.1) is 0 Å². The van der Waals surface area contributed by atoms with Crippen molar-refractivity contribution >= 4 is 12.3 Å². The molecule has 1 heterocycles. The molecule has 2 aromatic rings. The van der Waals surface area contributed by atoms with Gasteiger partial charge in [-0.2, -0.15) is 0 Å². The second kappa shape index (κ2) is 8.05. The maximum Gasteiger partial charge on any atom is 0.356 e. The molecular weight excluding hydrogens is 296 g/mol. The van der Waals surface area contributed by atoms with E-state index in [0.717, 1.165) is 16.9 Å². The van der Waals surface area contributed by atoms with E-state index >= 15 is 0 Å². The number of benzene rings is 1. The molecule has 0 aliphatic rings. The van der Waals surface area contributed by atoms with Crippen molar-refractivity contribution in [2.75, 3.05) is 14.2 Å². The minimum Gasteiger partial charge on any atom is -0.497 e. The number of aldehydes is 1. The highest BCUT2D eigenvalue weighted by Crippen LogP contribution is 2.11. The summed E-state index contributed by atoms with van der Waals surface area (Å²) >= 11 is 0. The van der Waals surface area contributed by atoms with E-state index in [2.05, 4.69) is 15.0 Å². The van der Waals surface area contributed by atoms with Gasteiger partial charge < -0.3 is 14.8 Å². The number of rotatable bonds is 7. The Labute approximate surface area is 134 Å². The molecule has 0 atom stereocenters. The molecule has 0 bridgehead atoms. The van der Waals surface area contributed by atoms with Gasteiger partial charge in [0, 0.05) is 13.1 Å². The highest BCUT2D eigenvalue weighted by atomic mass is 16.5. The van der Waals surface area contributed by atoms with Crippen molar-refractivity contribution in [3.05, 3.63) is 58.9 Å². The molecule has 0 amide bonds. The monoisotopic (exact) mass is 314 g/mol. The van der Waals surface area contributed by atoms with E-state index in [1.54, 1.807) is 19.2 Å². The van der Waals surface area contributed by atoms with Gasteiger partial charge in [-0.1, -0.05) is 12.1 Å². The molecule has 0 fully saturated rings. The SMILES string of the molecule is COC(=O)c1cc(CNCc2ccc(OC)cc2)cc(C=O)n1. The highest BCUT2D eigenvalue weighted by Gasteiger charge is 2.10. The summed E-state index contributed by atoms with van der Waals surface area (Å²) in [5, 5.41) is 3.25. The topological polar surface area (TPSA) is 77.5 Å². The van der Waals surface area contributed by atoms with E-state index in [1.807, 2.05) is 24.3 Å². The molecule has 120 valence electrons. The van der Waals surface area contributed by atoms with Gasteiger partial charge >= 0.3 is 5.97 Å². The fraction of sp³-hybridized carbons (Fsp3) is 0.235. The van der Waals surface area contributed by atoms with E-state index in [9.17, 15) is 9.59 Å². The summed E-state index contributed by atoms with van der Waals surface area (Å²) in [6.07, 6.45) is 0.611. The largest absolute Gasteiger partial charge is 0.497 e. The Balaban J connectivity index is 2.01. The maximum atomic E-state index is 11.6. The molecule has 0 spiro atoms. The van der Waals surface area contributed by atoms with Crippen LogP contribution >= 0.6 is 0 Å². The number of nitrogens with one attached hydrogen (secondary N) is 1. The minimum absolute atomic E-state index is 0.123. The average molecular weight is 314 g/mol. The van der Waals surface area contributed by atoms with Gasteiger partial charge in [0.05, 0.1) is 14.2 Å². The predicted molar refractivity (Wildman–Crippen MR) is 84.5 cm³/mol. The van der Waals surface area contributed by atoms with Crippen LogP contribution in [0.4, 0.5) is 0 Å². The molecule has 0 saturated heterocycles. The number of methoxy groups -OCH3 is 2. The third-order valence-corrected chi connectivity index (χ3v) is 3.24. The average Bonchev–Trinajstić information content (AvgIpc) is 2.61. The van der Waals surface area contributed by atoms with Gasteiger partial charge in [0.15, 0.2) is 6.29 Å². The summed E-state index contributed by atoms with van der Waals surface area (Å²) in [5.74, 6) is 0.242. The van der Waals surface area contributed by atoms with Gasteiger partial charge in [0.1, 0.15) is 17.1 Å². The van der Waals surface area contributed by atoms with Crippen LogP contribution in [0.2, 0.25) is 0 Å². The van der Waals surface area contributed by atoms with Gasteiger partial charge in [-0.3, -0.25) is 4.79 Å². The van der Waals surface area contributed by atoms with Crippen LogP contribution in [-0.2, 0) is 17.8 Å². The number of esters is 1. The zero-order valence-electron chi connectivity index (χ0n) is 13.0. The van der Waals surface area contributed by atoms with Gasteiger partial charge in [0.25, 0.3) is 0 Å². The van der Waals surface area contributed by atoms with Crippen LogP contribution < -0.4 is 10.1 Å². The van der Waals surface area contributed by atoms with E-state index in [1.165, 1.54) is 7.11 Å². The molecule has 6 nitrogen and oxygen atoms in total. The van der Waals surface area contributed by atoms with E-state index in [4.69, 9.17) is 4.74 Å². The molecule has 0 unspecified atom stereocenters. The molecule has 2 rings (SSSR count). The fourth-order valence-electron chi connectivity index (χ4n) is 2.08. The lowest BCUT2D eigenvalue weighted by Gasteiger charge is -2.08. The molecule has 0 radical (unpaired) electrons. The number of ether oxygens (including phenoxy) is 2. The lowest BCUT2D eigenvalue weighted by molar-refractivity contribution is 0.0594. The highest BCUT2D eigenvalue weighted by molar-refractivity contribution is 5.88. The standard InChI is InChI=1S/C17H18N2O4/c1-22-15-5-3-12(4-6-15)9-18-10-13-7-14(11-20)19-16(8-13)17(21)23-2/h3-8,11,18H,9-10H2,1-2H3. The maximum absolute atomic E-state index is 11.6. The number of pyridine rings is 1. The van der Waals surface area contributed by atoms with Crippen molar-refractivity contribution in [2.45, 2.75) is 13.1 Å². The molecule has 0 aliphatic carbocycles. The number of carbonyl (C=O) groups is 2. The van der Waals surface area contributed by atoms with Crippen molar-refractivity contribution in [2.24, 2.45) is 0 Å². The lowest BCUT2D eigenvalue weighted by Crippen LogP contribution is -2.14. The summed E-state index contributed by atoms with van der Waals surface area (Å²) in [5.41, 5.74) is 2.21. The number of nitrogens with zero attached hydrogens (tertiary/aromatic N) is 1. The van der Waals surface area contributed by atoms with Crippen molar-refractivity contribution < 1.29 is 19.1 Å². The first-order valence-corrected chi connectivity index (χ1v) is 7.04. The minimum atomic E-state index is -0.565. The van der Waals surface area contributed by atoms with Gasteiger partial charge in [-0.25, -0.2) is 9.78 Å². The zero-order valence-corrected chi connectivity index (χ0v) is 13.0. The third-order valence-electron chi connectivity index (χ3n) is 3.24. The van der Waals surface area contributed by atoms with Gasteiger partial charge in [-0.05, 0) is 35.4 Å². The first-order valence-electron chi connectivity index (χ1n) is 7.04. The first kappa shape index (κ1) is 16.6. The van der Waals surface area contributed by atoms with Crippen LogP contribution in [0.1, 0.15) is 32.1 Å². The van der Waals surface area contributed by atoms with Crippen LogP contribution in [-0.4, -0.2) is 31.5 Å². The Kier molecular flexibility index (Phi) is 5.82. The first-order chi connectivity index (χ1) is 11.2. The number of carbonyl (C=O) groups excluding carboxylic acids is 2. The normalized spacial score (nSPS) is 10.2. The summed E-state index contributed by atoms with van der Waals surface area (Å²) in [6, 6.07) is 11.0. The smallest absolute Gasteiger partial charge is 0.356 e. The molecular formula is C17H18N2O4. The molecule has 0 saturated carbocycles. The van der Waals surface area contributed by atoms with Gasteiger partial charge in [0.2, 0.25) is 0 Å². The summed E-state index contributed by atoms with van der Waals surface area (Å²) in [6.45, 7) is 1.15. The van der Waals surface area contributed by atoms with Crippen LogP contribution in [0.5, 0.6) is 5.75 Å². The third kappa shape index (κ3) is 4.62. The second-order valence-electron chi connectivity index (χ2n) is 4.85. The lowest BCUT2D eigenvalue weighted by atomic mass is 10.1. The van der Waals surface area contributed by atoms with E-state index < -0.39 is 5.97 Å². The molecule has 0 aliphatic heterocycles. The van der Waals surface area contributed by atoms with Crippen LogP contribution in [0.15, 0.2) is 36.4 Å². The van der Waals surface area contributed by atoms with Crippen LogP contribution in [0.25, 0.3) is 0 Å². The quantitative estimate of drug-likeness (QED) is 0.622. The fourth-order valence-corrected chi connectivity index (χ4v) is 2.08. The molecule has 1 N–H and O–H groups in total. The molecule has 1 aromatic carbocycles. The second-order valence-corrected chi connectivity index (χ2v) is 4.85. The molecule has 23 heavy (non-hydrogen) atoms. The Morgan fingerprint density at radius 3 is 2.43 bits per heavy atom. The molecule has 6 heteroatoms. The van der Waals surface area contributed by atoms with Crippen molar-refractivity contribution in [1.29, 1.82) is 0 Å². The Bertz CT molecular complexity index is 683. The van der Waals surface area contributed by atoms with Crippen LogP contribution in [0, 0.1) is 0 Å². The molecule has 1 aromatic heterocycles. The van der Waals surface area contributed by atoms with Crippen LogP contribution in [0.3, 0.4) is 0 Å². The predicted octanol–water partition coefficient (Wildman–Crippen LogP) is 1.98. The summed E-state index contributed by atoms with van der Waals surface area (Å²) in [7, 11) is 2.90. The van der Waals surface area contributed by atoms with Crippen molar-refractivity contribution in [1.82, 2.24) is 10.3 Å². The number of hydrogen-bond acceptors (Lipinski definition) is 6.